The van der Waals surface area contributed by atoms with Gasteiger partial charge in [-0.15, -0.1) is 0 Å². The highest BCUT2D eigenvalue weighted by molar-refractivity contribution is 7.89. The molecule has 0 radical (unpaired) electrons. The number of pyridine rings is 1. The van der Waals surface area contributed by atoms with Gasteiger partial charge in [0.15, 0.2) is 0 Å². The summed E-state index contributed by atoms with van der Waals surface area (Å²) >= 11 is 0. The maximum atomic E-state index is 11.9. The topological polar surface area (TPSA) is 90.8 Å². The zero-order valence-electron chi connectivity index (χ0n) is 12.6. The average molecular weight is 315 g/mol. The Morgan fingerprint density at radius 1 is 1.38 bits per heavy atom. The van der Waals surface area contributed by atoms with E-state index >= 15 is 0 Å². The third-order valence-electron chi connectivity index (χ3n) is 3.12. The first kappa shape index (κ1) is 17.4. The van der Waals surface area contributed by atoms with Gasteiger partial charge in [-0.05, 0) is 19.1 Å². The molecule has 118 valence electrons. The van der Waals surface area contributed by atoms with Crippen LogP contribution in [0.25, 0.3) is 0 Å². The summed E-state index contributed by atoms with van der Waals surface area (Å²) in [5.41, 5.74) is 0. The van der Waals surface area contributed by atoms with Crippen LogP contribution in [-0.4, -0.2) is 56.0 Å². The molecule has 7 nitrogen and oxygen atoms in total. The Morgan fingerprint density at radius 2 is 2.00 bits per heavy atom. The second-order valence-corrected chi connectivity index (χ2v) is 7.07. The SMILES string of the molecule is CCN(CC(C)C(=O)O)c1ccc(S(=O)(=O)N(C)C)cn1. The summed E-state index contributed by atoms with van der Waals surface area (Å²) in [5.74, 6) is -0.847. The molecule has 0 aliphatic heterocycles. The van der Waals surface area contributed by atoms with Gasteiger partial charge in [-0.1, -0.05) is 6.92 Å². The van der Waals surface area contributed by atoms with Crippen molar-refractivity contribution in [1.29, 1.82) is 0 Å². The number of carboxylic acids is 1. The number of carboxylic acid groups (broad SMARTS) is 1. The zero-order valence-corrected chi connectivity index (χ0v) is 13.5. The molecular weight excluding hydrogens is 294 g/mol. The first-order chi connectivity index (χ1) is 9.70. The van der Waals surface area contributed by atoms with Crippen LogP contribution in [0.2, 0.25) is 0 Å². The van der Waals surface area contributed by atoms with Gasteiger partial charge in [0.25, 0.3) is 0 Å². The molecule has 0 fully saturated rings. The van der Waals surface area contributed by atoms with E-state index in [2.05, 4.69) is 4.98 Å². The molecule has 1 N–H and O–H groups in total. The van der Waals surface area contributed by atoms with Crippen molar-refractivity contribution in [3.05, 3.63) is 18.3 Å². The summed E-state index contributed by atoms with van der Waals surface area (Å²) in [6.07, 6.45) is 1.29. The highest BCUT2D eigenvalue weighted by atomic mass is 32.2. The van der Waals surface area contributed by atoms with E-state index in [9.17, 15) is 13.2 Å². The van der Waals surface area contributed by atoms with Crippen LogP contribution in [0.1, 0.15) is 13.8 Å². The van der Waals surface area contributed by atoms with Crippen LogP contribution < -0.4 is 4.90 Å². The van der Waals surface area contributed by atoms with E-state index in [4.69, 9.17) is 5.11 Å². The van der Waals surface area contributed by atoms with E-state index in [1.165, 1.54) is 26.4 Å². The Labute approximate surface area is 125 Å². The number of anilines is 1. The van der Waals surface area contributed by atoms with E-state index in [0.29, 0.717) is 18.9 Å². The van der Waals surface area contributed by atoms with Gasteiger partial charge in [-0.2, -0.15) is 0 Å². The van der Waals surface area contributed by atoms with E-state index in [-0.39, 0.29) is 4.90 Å². The number of sulfonamides is 1. The molecular formula is C13H21N3O4S. The Morgan fingerprint density at radius 3 is 2.38 bits per heavy atom. The van der Waals surface area contributed by atoms with E-state index in [0.717, 1.165) is 4.31 Å². The second-order valence-electron chi connectivity index (χ2n) is 4.92. The molecule has 1 heterocycles. The number of aliphatic carboxylic acids is 1. The van der Waals surface area contributed by atoms with Crippen LogP contribution in [-0.2, 0) is 14.8 Å². The van der Waals surface area contributed by atoms with Crippen molar-refractivity contribution in [3.8, 4) is 0 Å². The maximum absolute atomic E-state index is 11.9. The highest BCUT2D eigenvalue weighted by Gasteiger charge is 2.19. The quantitative estimate of drug-likeness (QED) is 0.803. The predicted octanol–water partition coefficient (Wildman–Crippen LogP) is 0.879. The molecule has 1 unspecified atom stereocenters. The van der Waals surface area contributed by atoms with Crippen molar-refractivity contribution in [1.82, 2.24) is 9.29 Å². The fourth-order valence-corrected chi connectivity index (χ4v) is 2.56. The fourth-order valence-electron chi connectivity index (χ4n) is 1.72. The average Bonchev–Trinajstić information content (AvgIpc) is 2.44. The van der Waals surface area contributed by atoms with Gasteiger partial charge < -0.3 is 10.0 Å². The highest BCUT2D eigenvalue weighted by Crippen LogP contribution is 2.17. The van der Waals surface area contributed by atoms with Crippen molar-refractivity contribution in [3.63, 3.8) is 0 Å². The van der Waals surface area contributed by atoms with E-state index < -0.39 is 21.9 Å². The first-order valence-corrected chi connectivity index (χ1v) is 8.00. The molecule has 0 saturated carbocycles. The molecule has 8 heteroatoms. The maximum Gasteiger partial charge on any atom is 0.308 e. The molecule has 0 aliphatic rings. The monoisotopic (exact) mass is 315 g/mol. The molecule has 1 aromatic rings. The van der Waals surface area contributed by atoms with Crippen LogP contribution in [0.15, 0.2) is 23.2 Å². The van der Waals surface area contributed by atoms with Gasteiger partial charge in [-0.3, -0.25) is 4.79 Å². The van der Waals surface area contributed by atoms with Crippen molar-refractivity contribution < 1.29 is 18.3 Å². The lowest BCUT2D eigenvalue weighted by Gasteiger charge is -2.24. The van der Waals surface area contributed by atoms with Gasteiger partial charge in [0.2, 0.25) is 10.0 Å². The first-order valence-electron chi connectivity index (χ1n) is 6.56. The number of rotatable bonds is 7. The zero-order chi connectivity index (χ0) is 16.2. The number of aromatic nitrogens is 1. The summed E-state index contributed by atoms with van der Waals surface area (Å²) in [6, 6.07) is 3.07. The van der Waals surface area contributed by atoms with Crippen LogP contribution in [0.3, 0.4) is 0 Å². The molecule has 0 spiro atoms. The van der Waals surface area contributed by atoms with Crippen molar-refractivity contribution in [2.45, 2.75) is 18.7 Å². The van der Waals surface area contributed by atoms with Crippen LogP contribution in [0, 0.1) is 5.92 Å². The number of nitrogens with zero attached hydrogens (tertiary/aromatic N) is 3. The molecule has 0 bridgehead atoms. The van der Waals surface area contributed by atoms with Crippen LogP contribution in [0.4, 0.5) is 5.82 Å². The summed E-state index contributed by atoms with van der Waals surface area (Å²) in [5, 5.41) is 8.95. The van der Waals surface area contributed by atoms with Crippen molar-refractivity contribution >= 4 is 21.8 Å². The Kier molecular flexibility index (Phi) is 5.68. The van der Waals surface area contributed by atoms with Crippen LogP contribution >= 0.6 is 0 Å². The largest absolute Gasteiger partial charge is 0.481 e. The van der Waals surface area contributed by atoms with Gasteiger partial charge in [0, 0.05) is 33.4 Å². The molecule has 21 heavy (non-hydrogen) atoms. The number of hydrogen-bond acceptors (Lipinski definition) is 5. The second kappa shape index (κ2) is 6.86. The molecule has 0 aromatic carbocycles. The van der Waals surface area contributed by atoms with Crippen molar-refractivity contribution in [2.24, 2.45) is 5.92 Å². The van der Waals surface area contributed by atoms with Crippen molar-refractivity contribution in [2.75, 3.05) is 32.1 Å². The molecule has 1 aromatic heterocycles. The Balaban J connectivity index is 2.97. The predicted molar refractivity (Wildman–Crippen MR) is 79.8 cm³/mol. The summed E-state index contributed by atoms with van der Waals surface area (Å²) in [7, 11) is -0.595. The smallest absolute Gasteiger partial charge is 0.308 e. The summed E-state index contributed by atoms with van der Waals surface area (Å²) in [6.45, 7) is 4.42. The third kappa shape index (κ3) is 4.15. The van der Waals surface area contributed by atoms with Gasteiger partial charge in [0.1, 0.15) is 10.7 Å². The number of hydrogen-bond donors (Lipinski definition) is 1. The minimum absolute atomic E-state index is 0.110. The summed E-state index contributed by atoms with van der Waals surface area (Å²) in [4.78, 5) is 17.0. The molecule has 1 atom stereocenters. The lowest BCUT2D eigenvalue weighted by Crippen LogP contribution is -2.32. The Hall–Kier alpha value is -1.67. The van der Waals surface area contributed by atoms with Crippen LogP contribution in [0.5, 0.6) is 0 Å². The van der Waals surface area contributed by atoms with Gasteiger partial charge in [-0.25, -0.2) is 17.7 Å². The van der Waals surface area contributed by atoms with E-state index in [1.54, 1.807) is 17.9 Å². The summed E-state index contributed by atoms with van der Waals surface area (Å²) < 4.78 is 25.0. The molecule has 0 aliphatic carbocycles. The standard InChI is InChI=1S/C13H21N3O4S/c1-5-16(9-10(2)13(17)18)12-7-6-11(8-14-12)21(19,20)15(3)4/h6-8,10H,5,9H2,1-4H3,(H,17,18). The lowest BCUT2D eigenvalue weighted by molar-refractivity contribution is -0.140. The van der Waals surface area contributed by atoms with E-state index in [1.807, 2.05) is 6.92 Å². The Bertz CT molecular complexity index is 584. The molecule has 0 amide bonds. The normalized spacial score (nSPS) is 13.2. The minimum atomic E-state index is -3.50. The fraction of sp³-hybridized carbons (Fsp3) is 0.538. The lowest BCUT2D eigenvalue weighted by atomic mass is 10.1. The molecule has 1 rings (SSSR count). The third-order valence-corrected chi connectivity index (χ3v) is 4.92. The minimum Gasteiger partial charge on any atom is -0.481 e. The van der Waals surface area contributed by atoms with Gasteiger partial charge >= 0.3 is 5.97 Å². The molecule has 0 saturated heterocycles. The van der Waals surface area contributed by atoms with Gasteiger partial charge in [0.05, 0.1) is 5.92 Å². The number of carbonyl (C=O) groups is 1.